The van der Waals surface area contributed by atoms with Crippen molar-refractivity contribution >= 4 is 10.0 Å². The fourth-order valence-corrected chi connectivity index (χ4v) is 4.25. The molecule has 0 bridgehead atoms. The molecule has 0 amide bonds. The molecule has 1 saturated heterocycles. The topological polar surface area (TPSA) is 49.4 Å². The van der Waals surface area contributed by atoms with Crippen LogP contribution < -0.4 is 5.32 Å². The van der Waals surface area contributed by atoms with Gasteiger partial charge in [0.15, 0.2) is 0 Å². The van der Waals surface area contributed by atoms with Crippen LogP contribution in [0.25, 0.3) is 0 Å². The quantitative estimate of drug-likeness (QED) is 0.889. The number of benzene rings is 1. The van der Waals surface area contributed by atoms with Gasteiger partial charge in [-0.1, -0.05) is 30.3 Å². The first kappa shape index (κ1) is 14.5. The molecule has 0 aromatic heterocycles. The molecule has 1 aliphatic heterocycles. The third-order valence-electron chi connectivity index (χ3n) is 3.56. The fraction of sp³-hybridized carbons (Fsp3) is 0.571. The number of piperidine rings is 1. The van der Waals surface area contributed by atoms with Crippen LogP contribution in [-0.2, 0) is 15.8 Å². The van der Waals surface area contributed by atoms with Gasteiger partial charge in [0, 0.05) is 13.1 Å². The Kier molecular flexibility index (Phi) is 4.96. The number of hydrogen-bond donors (Lipinski definition) is 1. The molecule has 1 atom stereocenters. The highest BCUT2D eigenvalue weighted by molar-refractivity contribution is 7.88. The molecule has 2 rings (SSSR count). The average molecular weight is 282 g/mol. The van der Waals surface area contributed by atoms with Crippen molar-refractivity contribution in [2.45, 2.75) is 18.6 Å². The summed E-state index contributed by atoms with van der Waals surface area (Å²) in [6.45, 7) is 2.20. The van der Waals surface area contributed by atoms with Crippen LogP contribution in [0, 0.1) is 5.92 Å². The van der Waals surface area contributed by atoms with Crippen molar-refractivity contribution < 1.29 is 8.42 Å². The number of rotatable bonds is 5. The Morgan fingerprint density at radius 2 is 2.05 bits per heavy atom. The highest BCUT2D eigenvalue weighted by atomic mass is 32.2. The van der Waals surface area contributed by atoms with Crippen molar-refractivity contribution in [1.29, 1.82) is 0 Å². The molecule has 1 aromatic carbocycles. The van der Waals surface area contributed by atoms with E-state index in [4.69, 9.17) is 0 Å². The third kappa shape index (κ3) is 4.03. The van der Waals surface area contributed by atoms with Gasteiger partial charge in [0.1, 0.15) is 0 Å². The zero-order valence-corrected chi connectivity index (χ0v) is 12.2. The Labute approximate surface area is 115 Å². The molecule has 4 nitrogen and oxygen atoms in total. The van der Waals surface area contributed by atoms with Crippen molar-refractivity contribution in [2.75, 3.05) is 26.7 Å². The van der Waals surface area contributed by atoms with Crippen LogP contribution in [-0.4, -0.2) is 39.4 Å². The van der Waals surface area contributed by atoms with Gasteiger partial charge in [-0.15, -0.1) is 0 Å². The summed E-state index contributed by atoms with van der Waals surface area (Å²) in [6.07, 6.45) is 2.07. The van der Waals surface area contributed by atoms with E-state index in [1.807, 2.05) is 37.4 Å². The Bertz CT molecular complexity index is 485. The van der Waals surface area contributed by atoms with E-state index in [1.54, 1.807) is 4.31 Å². The predicted molar refractivity (Wildman–Crippen MR) is 77.3 cm³/mol. The number of sulfonamides is 1. The molecular weight excluding hydrogens is 260 g/mol. The molecule has 5 heteroatoms. The van der Waals surface area contributed by atoms with Gasteiger partial charge < -0.3 is 5.32 Å². The van der Waals surface area contributed by atoms with Crippen LogP contribution in [0.5, 0.6) is 0 Å². The molecule has 1 unspecified atom stereocenters. The molecule has 0 radical (unpaired) electrons. The van der Waals surface area contributed by atoms with Gasteiger partial charge in [-0.25, -0.2) is 12.7 Å². The van der Waals surface area contributed by atoms with Crippen molar-refractivity contribution in [3.8, 4) is 0 Å². The van der Waals surface area contributed by atoms with Crippen LogP contribution in [0.2, 0.25) is 0 Å². The normalized spacial score (nSPS) is 21.4. The van der Waals surface area contributed by atoms with E-state index >= 15 is 0 Å². The highest BCUT2D eigenvalue weighted by Gasteiger charge is 2.28. The molecule has 1 N–H and O–H groups in total. The molecule has 19 heavy (non-hydrogen) atoms. The third-order valence-corrected chi connectivity index (χ3v) is 5.38. The van der Waals surface area contributed by atoms with Crippen LogP contribution in [0.15, 0.2) is 30.3 Å². The van der Waals surface area contributed by atoms with E-state index < -0.39 is 10.0 Å². The second-order valence-corrected chi connectivity index (χ2v) is 7.13. The van der Waals surface area contributed by atoms with E-state index in [-0.39, 0.29) is 5.75 Å². The summed E-state index contributed by atoms with van der Waals surface area (Å²) in [7, 11) is -1.27. The minimum absolute atomic E-state index is 0.111. The molecule has 1 heterocycles. The second kappa shape index (κ2) is 6.50. The zero-order valence-electron chi connectivity index (χ0n) is 11.4. The Morgan fingerprint density at radius 3 is 2.74 bits per heavy atom. The molecule has 1 aliphatic rings. The highest BCUT2D eigenvalue weighted by Crippen LogP contribution is 2.20. The van der Waals surface area contributed by atoms with Crippen molar-refractivity contribution in [3.63, 3.8) is 0 Å². The van der Waals surface area contributed by atoms with Gasteiger partial charge >= 0.3 is 0 Å². The summed E-state index contributed by atoms with van der Waals surface area (Å²) in [4.78, 5) is 0. The summed E-state index contributed by atoms with van der Waals surface area (Å²) < 4.78 is 26.5. The zero-order chi connectivity index (χ0) is 13.7. The summed E-state index contributed by atoms with van der Waals surface area (Å²) >= 11 is 0. The van der Waals surface area contributed by atoms with Gasteiger partial charge in [-0.3, -0.25) is 0 Å². The van der Waals surface area contributed by atoms with E-state index in [1.165, 1.54) is 0 Å². The predicted octanol–water partition coefficient (Wildman–Crippen LogP) is 1.45. The average Bonchev–Trinajstić information content (AvgIpc) is 2.40. The largest absolute Gasteiger partial charge is 0.319 e. The molecule has 0 aliphatic carbocycles. The summed E-state index contributed by atoms with van der Waals surface area (Å²) in [5.41, 5.74) is 0.859. The maximum Gasteiger partial charge on any atom is 0.218 e. The monoisotopic (exact) mass is 282 g/mol. The Morgan fingerprint density at radius 1 is 1.32 bits per heavy atom. The van der Waals surface area contributed by atoms with Crippen molar-refractivity contribution in [2.24, 2.45) is 5.92 Å². The number of nitrogens with zero attached hydrogens (tertiary/aromatic N) is 1. The first-order valence-corrected chi connectivity index (χ1v) is 8.39. The van der Waals surface area contributed by atoms with Gasteiger partial charge in [-0.05, 0) is 37.9 Å². The minimum Gasteiger partial charge on any atom is -0.319 e. The lowest BCUT2D eigenvalue weighted by atomic mass is 10.00. The van der Waals surface area contributed by atoms with E-state index in [0.717, 1.165) is 24.9 Å². The summed E-state index contributed by atoms with van der Waals surface area (Å²) in [5.74, 6) is 0.546. The lowest BCUT2D eigenvalue weighted by molar-refractivity contribution is 0.263. The maximum absolute atomic E-state index is 12.4. The second-order valence-electron chi connectivity index (χ2n) is 5.17. The van der Waals surface area contributed by atoms with Crippen LogP contribution in [0.3, 0.4) is 0 Å². The summed E-state index contributed by atoms with van der Waals surface area (Å²) in [6, 6.07) is 9.40. The fourth-order valence-electron chi connectivity index (χ4n) is 2.61. The van der Waals surface area contributed by atoms with Gasteiger partial charge in [0.2, 0.25) is 10.0 Å². The number of nitrogens with one attached hydrogen (secondary N) is 1. The van der Waals surface area contributed by atoms with Crippen LogP contribution in [0.1, 0.15) is 18.4 Å². The lowest BCUT2D eigenvalue weighted by Crippen LogP contribution is -2.42. The lowest BCUT2D eigenvalue weighted by Gasteiger charge is -2.31. The van der Waals surface area contributed by atoms with Gasteiger partial charge in [0.25, 0.3) is 0 Å². The molecule has 1 aromatic rings. The van der Waals surface area contributed by atoms with Gasteiger partial charge in [0.05, 0.1) is 5.75 Å². The minimum atomic E-state index is -3.18. The van der Waals surface area contributed by atoms with Crippen molar-refractivity contribution in [1.82, 2.24) is 9.62 Å². The molecule has 1 fully saturated rings. The van der Waals surface area contributed by atoms with E-state index in [2.05, 4.69) is 5.32 Å². The van der Waals surface area contributed by atoms with Gasteiger partial charge in [-0.2, -0.15) is 0 Å². The first-order chi connectivity index (χ1) is 9.12. The SMILES string of the molecule is CNCC1CCCN(S(=O)(=O)Cc2ccccc2)C1. The standard InChI is InChI=1S/C14H22N2O2S/c1-15-10-14-8-5-9-16(11-14)19(17,18)12-13-6-3-2-4-7-13/h2-4,6-7,14-15H,5,8-12H2,1H3. The molecule has 106 valence electrons. The van der Waals surface area contributed by atoms with Crippen LogP contribution in [0.4, 0.5) is 0 Å². The maximum atomic E-state index is 12.4. The summed E-state index contributed by atoms with van der Waals surface area (Å²) in [5, 5.41) is 3.14. The van der Waals surface area contributed by atoms with Crippen molar-refractivity contribution in [3.05, 3.63) is 35.9 Å². The Hall–Kier alpha value is -0.910. The smallest absolute Gasteiger partial charge is 0.218 e. The number of hydrogen-bond acceptors (Lipinski definition) is 3. The Balaban J connectivity index is 2.03. The van der Waals surface area contributed by atoms with E-state index in [0.29, 0.717) is 19.0 Å². The first-order valence-electron chi connectivity index (χ1n) is 6.78. The van der Waals surface area contributed by atoms with Crippen LogP contribution >= 0.6 is 0 Å². The molecule has 0 spiro atoms. The molecular formula is C14H22N2O2S. The molecule has 0 saturated carbocycles. The van der Waals surface area contributed by atoms with E-state index in [9.17, 15) is 8.42 Å².